The molecule has 0 fully saturated rings. The molecule has 3 aromatic rings. The molecule has 0 saturated carbocycles. The molecule has 8 heteroatoms. The fourth-order valence-electron chi connectivity index (χ4n) is 4.01. The minimum absolute atomic E-state index is 0.0168. The normalized spacial score (nSPS) is 16.4. The second-order valence-corrected chi connectivity index (χ2v) is 8.61. The van der Waals surface area contributed by atoms with Crippen molar-refractivity contribution in [3.8, 4) is 22.9 Å². The molecule has 1 aliphatic heterocycles. The summed E-state index contributed by atoms with van der Waals surface area (Å²) < 4.78 is 10.9. The van der Waals surface area contributed by atoms with E-state index in [1.807, 2.05) is 38.1 Å². The molecule has 33 heavy (non-hydrogen) atoms. The van der Waals surface area contributed by atoms with Gasteiger partial charge in [-0.2, -0.15) is 4.98 Å². The number of aromatic hydroxyl groups is 1. The van der Waals surface area contributed by atoms with Gasteiger partial charge in [0, 0.05) is 17.8 Å². The van der Waals surface area contributed by atoms with Crippen LogP contribution in [0.15, 0.2) is 52.7 Å². The highest BCUT2D eigenvalue weighted by Crippen LogP contribution is 2.40. The van der Waals surface area contributed by atoms with Crippen LogP contribution in [0.4, 0.5) is 4.79 Å². The van der Waals surface area contributed by atoms with E-state index >= 15 is 0 Å². The molecule has 8 nitrogen and oxygen atoms in total. The number of hydrogen-bond acceptors (Lipinski definition) is 6. The number of amides is 2. The third-order valence-corrected chi connectivity index (χ3v) is 5.61. The summed E-state index contributed by atoms with van der Waals surface area (Å²) >= 11 is 0. The number of allylic oxidation sites excluding steroid dienone is 1. The molecule has 0 spiro atoms. The van der Waals surface area contributed by atoms with Crippen LogP contribution in [0.1, 0.15) is 43.8 Å². The average Bonchev–Trinajstić information content (AvgIpc) is 3.26. The van der Waals surface area contributed by atoms with E-state index in [9.17, 15) is 9.90 Å². The van der Waals surface area contributed by atoms with Crippen LogP contribution in [-0.4, -0.2) is 39.8 Å². The van der Waals surface area contributed by atoms with Crippen LogP contribution in [0.5, 0.6) is 11.5 Å². The largest absolute Gasteiger partial charge is 0.504 e. The van der Waals surface area contributed by atoms with Gasteiger partial charge in [-0.15, -0.1) is 0 Å². The summed E-state index contributed by atoms with van der Waals surface area (Å²) in [5.74, 6) is 1.38. The van der Waals surface area contributed by atoms with E-state index in [2.05, 4.69) is 29.3 Å². The van der Waals surface area contributed by atoms with E-state index in [1.165, 1.54) is 7.11 Å². The van der Waals surface area contributed by atoms with Crippen molar-refractivity contribution in [1.82, 2.24) is 20.4 Å². The standard InChI is InChI=1S/C25H28N4O4/c1-14(2)13-29-16(4)21(24-27-23(28-33-24)18-8-6-7-15(3)11-18)22(26-25(29)31)17-9-10-20(32-5)19(30)12-17/h6-12,14,22,30H,13H2,1-5H3,(H,26,31). The smallest absolute Gasteiger partial charge is 0.322 e. The molecule has 2 amide bonds. The first-order valence-corrected chi connectivity index (χ1v) is 10.8. The highest BCUT2D eigenvalue weighted by Gasteiger charge is 2.36. The maximum atomic E-state index is 13.0. The Hall–Kier alpha value is -3.81. The molecule has 1 aromatic heterocycles. The maximum absolute atomic E-state index is 13.0. The van der Waals surface area contributed by atoms with Crippen molar-refractivity contribution in [2.24, 2.45) is 5.92 Å². The first-order chi connectivity index (χ1) is 15.8. The third kappa shape index (κ3) is 4.41. The molecule has 0 bridgehead atoms. The summed E-state index contributed by atoms with van der Waals surface area (Å²) in [6.45, 7) is 8.53. The molecule has 172 valence electrons. The number of urea groups is 1. The first-order valence-electron chi connectivity index (χ1n) is 10.8. The highest BCUT2D eigenvalue weighted by molar-refractivity contribution is 5.87. The lowest BCUT2D eigenvalue weighted by atomic mass is 9.94. The van der Waals surface area contributed by atoms with Gasteiger partial charge in [0.15, 0.2) is 11.5 Å². The van der Waals surface area contributed by atoms with Gasteiger partial charge in [-0.1, -0.05) is 48.8 Å². The average molecular weight is 449 g/mol. The van der Waals surface area contributed by atoms with E-state index in [4.69, 9.17) is 9.26 Å². The zero-order chi connectivity index (χ0) is 23.7. The lowest BCUT2D eigenvalue weighted by Gasteiger charge is -2.36. The number of aromatic nitrogens is 2. The third-order valence-electron chi connectivity index (χ3n) is 5.61. The fourth-order valence-corrected chi connectivity index (χ4v) is 4.01. The Bertz CT molecular complexity index is 1210. The fraction of sp³-hybridized carbons (Fsp3) is 0.320. The van der Waals surface area contributed by atoms with Crippen LogP contribution in [0, 0.1) is 12.8 Å². The lowest BCUT2D eigenvalue weighted by molar-refractivity contribution is 0.199. The number of benzene rings is 2. The van der Waals surface area contributed by atoms with Crippen LogP contribution in [-0.2, 0) is 0 Å². The lowest BCUT2D eigenvalue weighted by Crippen LogP contribution is -2.47. The Labute approximate surface area is 192 Å². The van der Waals surface area contributed by atoms with Crippen LogP contribution >= 0.6 is 0 Å². The van der Waals surface area contributed by atoms with Gasteiger partial charge < -0.3 is 19.7 Å². The van der Waals surface area contributed by atoms with Crippen LogP contribution in [0.3, 0.4) is 0 Å². The molecule has 0 aliphatic carbocycles. The summed E-state index contributed by atoms with van der Waals surface area (Å²) in [5, 5.41) is 17.6. The number of aryl methyl sites for hydroxylation is 1. The summed E-state index contributed by atoms with van der Waals surface area (Å²) in [6, 6.07) is 12.1. The highest BCUT2D eigenvalue weighted by atomic mass is 16.5. The van der Waals surface area contributed by atoms with Crippen LogP contribution in [0.2, 0.25) is 0 Å². The van der Waals surface area contributed by atoms with Gasteiger partial charge >= 0.3 is 6.03 Å². The molecule has 2 aromatic carbocycles. The van der Waals surface area contributed by atoms with E-state index in [-0.39, 0.29) is 17.7 Å². The maximum Gasteiger partial charge on any atom is 0.322 e. The van der Waals surface area contributed by atoms with Crippen molar-refractivity contribution in [1.29, 1.82) is 0 Å². The van der Waals surface area contributed by atoms with Gasteiger partial charge in [-0.05, 0) is 43.5 Å². The molecule has 4 rings (SSSR count). The number of hydrogen-bond donors (Lipinski definition) is 2. The number of carbonyl (C=O) groups excluding carboxylic acids is 1. The number of nitrogens with one attached hydrogen (secondary N) is 1. The van der Waals surface area contributed by atoms with Gasteiger partial charge in [0.25, 0.3) is 5.89 Å². The Kier molecular flexibility index (Phi) is 6.09. The van der Waals surface area contributed by atoms with Gasteiger partial charge in [0.05, 0.1) is 18.7 Å². The number of phenols is 1. The number of rotatable bonds is 6. The van der Waals surface area contributed by atoms with Gasteiger partial charge in [0.1, 0.15) is 0 Å². The molecular formula is C25H28N4O4. The van der Waals surface area contributed by atoms with E-state index in [0.29, 0.717) is 35.1 Å². The van der Waals surface area contributed by atoms with Crippen molar-refractivity contribution in [3.05, 3.63) is 65.2 Å². The van der Waals surface area contributed by atoms with Gasteiger partial charge in [-0.3, -0.25) is 4.90 Å². The summed E-state index contributed by atoms with van der Waals surface area (Å²) in [5.41, 5.74) is 4.03. The molecule has 1 atom stereocenters. The van der Waals surface area contributed by atoms with Gasteiger partial charge in [-0.25, -0.2) is 4.79 Å². The Morgan fingerprint density at radius 1 is 1.21 bits per heavy atom. The zero-order valence-corrected chi connectivity index (χ0v) is 19.4. The van der Waals surface area contributed by atoms with E-state index in [1.54, 1.807) is 23.1 Å². The molecule has 2 heterocycles. The Balaban J connectivity index is 1.83. The predicted octanol–water partition coefficient (Wildman–Crippen LogP) is 4.91. The number of nitrogens with zero attached hydrogens (tertiary/aromatic N) is 3. The number of phenolic OH excluding ortho intramolecular Hbond substituents is 1. The summed E-state index contributed by atoms with van der Waals surface area (Å²) in [4.78, 5) is 19.4. The van der Waals surface area contributed by atoms with Crippen LogP contribution < -0.4 is 10.1 Å². The molecule has 1 unspecified atom stereocenters. The van der Waals surface area contributed by atoms with Crippen molar-refractivity contribution in [2.45, 2.75) is 33.7 Å². The van der Waals surface area contributed by atoms with Crippen molar-refractivity contribution in [2.75, 3.05) is 13.7 Å². The topological polar surface area (TPSA) is 101 Å². The number of carbonyl (C=O) groups is 1. The molecule has 0 radical (unpaired) electrons. The molecule has 0 saturated heterocycles. The second-order valence-electron chi connectivity index (χ2n) is 8.61. The minimum atomic E-state index is -0.580. The predicted molar refractivity (Wildman–Crippen MR) is 125 cm³/mol. The molecule has 1 aliphatic rings. The SMILES string of the molecule is COc1ccc(C2NC(=O)N(CC(C)C)C(C)=C2c2nc(-c3cccc(C)c3)no2)cc1O. The van der Waals surface area contributed by atoms with Crippen molar-refractivity contribution < 1.29 is 19.2 Å². The Morgan fingerprint density at radius 3 is 2.67 bits per heavy atom. The first kappa shape index (κ1) is 22.4. The second kappa shape index (κ2) is 8.97. The number of methoxy groups -OCH3 is 1. The van der Waals surface area contributed by atoms with Gasteiger partial charge in [0.2, 0.25) is 5.82 Å². The molecule has 2 N–H and O–H groups in total. The monoisotopic (exact) mass is 448 g/mol. The molecular weight excluding hydrogens is 420 g/mol. The minimum Gasteiger partial charge on any atom is -0.504 e. The van der Waals surface area contributed by atoms with Crippen molar-refractivity contribution in [3.63, 3.8) is 0 Å². The summed E-state index contributed by atoms with van der Waals surface area (Å²) in [6.07, 6.45) is 0. The number of ether oxygens (including phenoxy) is 1. The van der Waals surface area contributed by atoms with E-state index < -0.39 is 6.04 Å². The van der Waals surface area contributed by atoms with Crippen LogP contribution in [0.25, 0.3) is 17.0 Å². The van der Waals surface area contributed by atoms with E-state index in [0.717, 1.165) is 16.8 Å². The quantitative estimate of drug-likeness (QED) is 0.556. The van der Waals surface area contributed by atoms with Crippen molar-refractivity contribution >= 4 is 11.6 Å². The Morgan fingerprint density at radius 2 is 2.00 bits per heavy atom. The summed E-state index contributed by atoms with van der Waals surface area (Å²) in [7, 11) is 1.49. The zero-order valence-electron chi connectivity index (χ0n) is 19.4.